The van der Waals surface area contributed by atoms with Gasteiger partial charge in [-0.1, -0.05) is 18.2 Å². The number of anilines is 1. The van der Waals surface area contributed by atoms with Gasteiger partial charge in [-0.3, -0.25) is 4.79 Å². The monoisotopic (exact) mass is 388 g/mol. The molecule has 0 spiro atoms. The summed E-state index contributed by atoms with van der Waals surface area (Å²) in [6.07, 6.45) is 1.73. The quantitative estimate of drug-likeness (QED) is 0.756. The van der Waals surface area contributed by atoms with Gasteiger partial charge in [-0.05, 0) is 32.2 Å². The van der Waals surface area contributed by atoms with Crippen molar-refractivity contribution in [3.05, 3.63) is 53.7 Å². The topological polar surface area (TPSA) is 82.6 Å². The maximum atomic E-state index is 12.6. The first kappa shape index (κ1) is 19.5. The van der Waals surface area contributed by atoms with Gasteiger partial charge in [0.1, 0.15) is 5.82 Å². The zero-order valence-electron chi connectivity index (χ0n) is 15.6. The van der Waals surface area contributed by atoms with E-state index in [2.05, 4.69) is 26.6 Å². The molecule has 1 saturated heterocycles. The third kappa shape index (κ3) is 4.71. The Labute approximate surface area is 160 Å². The van der Waals surface area contributed by atoms with E-state index in [1.165, 1.54) is 31.2 Å². The second-order valence-electron chi connectivity index (χ2n) is 6.68. The van der Waals surface area contributed by atoms with Crippen molar-refractivity contribution >= 4 is 21.6 Å². The number of pyridine rings is 1. The van der Waals surface area contributed by atoms with Crippen LogP contribution in [0.2, 0.25) is 0 Å². The molecule has 27 heavy (non-hydrogen) atoms. The minimum atomic E-state index is -3.67. The largest absolute Gasteiger partial charge is 0.354 e. The smallest absolute Gasteiger partial charge is 0.240 e. The standard InChI is InChI=1S/C19H24N4O3S/c1-15(24)16-5-7-18(8-6-16)27(25,26)21-14-17-4-3-9-20-19(17)23-12-10-22(2)11-13-23/h3-9,21H,10-14H2,1-2H3. The number of Topliss-reactive ketones (excluding diaryl/α,β-unsaturated/α-hetero) is 1. The Kier molecular flexibility index (Phi) is 5.88. The highest BCUT2D eigenvalue weighted by Gasteiger charge is 2.20. The van der Waals surface area contributed by atoms with E-state index < -0.39 is 10.0 Å². The third-order valence-corrected chi connectivity index (χ3v) is 6.11. The molecular weight excluding hydrogens is 364 g/mol. The number of likely N-dealkylation sites (N-methyl/N-ethyl adjacent to an activating group) is 1. The van der Waals surface area contributed by atoms with Gasteiger partial charge < -0.3 is 9.80 Å². The zero-order valence-corrected chi connectivity index (χ0v) is 16.4. The molecule has 0 aliphatic carbocycles. The Hall–Kier alpha value is -2.29. The van der Waals surface area contributed by atoms with Gasteiger partial charge >= 0.3 is 0 Å². The average molecular weight is 388 g/mol. The molecule has 1 aromatic carbocycles. The number of nitrogens with one attached hydrogen (secondary N) is 1. The average Bonchev–Trinajstić information content (AvgIpc) is 2.67. The summed E-state index contributed by atoms with van der Waals surface area (Å²) in [5.74, 6) is 0.722. The molecule has 7 nitrogen and oxygen atoms in total. The van der Waals surface area contributed by atoms with Crippen molar-refractivity contribution in [1.82, 2.24) is 14.6 Å². The van der Waals surface area contributed by atoms with Gasteiger partial charge in [0, 0.05) is 50.0 Å². The minimum absolute atomic E-state index is 0.0981. The second kappa shape index (κ2) is 8.16. The molecular formula is C19H24N4O3S. The van der Waals surface area contributed by atoms with Gasteiger partial charge in [0.05, 0.1) is 4.90 Å². The molecule has 1 N–H and O–H groups in total. The highest BCUT2D eigenvalue weighted by Crippen LogP contribution is 2.19. The van der Waals surface area contributed by atoms with Crippen LogP contribution in [0.3, 0.4) is 0 Å². The molecule has 1 aliphatic rings. The molecule has 8 heteroatoms. The first-order chi connectivity index (χ1) is 12.9. The molecule has 0 radical (unpaired) electrons. The van der Waals surface area contributed by atoms with Crippen molar-refractivity contribution in [2.75, 3.05) is 38.1 Å². The van der Waals surface area contributed by atoms with Crippen LogP contribution in [0.15, 0.2) is 47.5 Å². The maximum absolute atomic E-state index is 12.6. The molecule has 1 aromatic heterocycles. The summed E-state index contributed by atoms with van der Waals surface area (Å²) < 4.78 is 27.8. The van der Waals surface area contributed by atoms with Crippen LogP contribution < -0.4 is 9.62 Å². The predicted molar refractivity (Wildman–Crippen MR) is 104 cm³/mol. The van der Waals surface area contributed by atoms with Crippen LogP contribution in [0, 0.1) is 0 Å². The van der Waals surface area contributed by atoms with Crippen molar-refractivity contribution in [3.8, 4) is 0 Å². The summed E-state index contributed by atoms with van der Waals surface area (Å²) in [4.78, 5) is 20.4. The van der Waals surface area contributed by atoms with Crippen LogP contribution in [0.5, 0.6) is 0 Å². The van der Waals surface area contributed by atoms with E-state index in [0.717, 1.165) is 37.6 Å². The Morgan fingerprint density at radius 2 is 1.78 bits per heavy atom. The number of hydrogen-bond acceptors (Lipinski definition) is 6. The number of carbonyl (C=O) groups is 1. The highest BCUT2D eigenvalue weighted by atomic mass is 32.2. The normalized spacial score (nSPS) is 15.7. The van der Waals surface area contributed by atoms with Crippen LogP contribution >= 0.6 is 0 Å². The van der Waals surface area contributed by atoms with Gasteiger partial charge in [-0.15, -0.1) is 0 Å². The van der Waals surface area contributed by atoms with Crippen molar-refractivity contribution in [2.45, 2.75) is 18.4 Å². The molecule has 1 aliphatic heterocycles. The molecule has 3 rings (SSSR count). The molecule has 0 unspecified atom stereocenters. The van der Waals surface area contributed by atoms with Gasteiger partial charge in [0.2, 0.25) is 10.0 Å². The third-order valence-electron chi connectivity index (χ3n) is 4.69. The molecule has 0 amide bonds. The van der Waals surface area contributed by atoms with Crippen molar-refractivity contribution < 1.29 is 13.2 Å². The number of carbonyl (C=O) groups excluding carboxylic acids is 1. The molecule has 2 aromatic rings. The van der Waals surface area contributed by atoms with E-state index in [0.29, 0.717) is 5.56 Å². The van der Waals surface area contributed by atoms with Crippen molar-refractivity contribution in [2.24, 2.45) is 0 Å². The number of ketones is 1. The Bertz CT molecular complexity index is 905. The molecule has 0 atom stereocenters. The van der Waals surface area contributed by atoms with Crippen LogP contribution in [-0.2, 0) is 16.6 Å². The Morgan fingerprint density at radius 1 is 1.11 bits per heavy atom. The van der Waals surface area contributed by atoms with E-state index in [1.807, 2.05) is 12.1 Å². The molecule has 2 heterocycles. The van der Waals surface area contributed by atoms with Gasteiger partial charge in [-0.2, -0.15) is 0 Å². The fourth-order valence-corrected chi connectivity index (χ4v) is 4.00. The van der Waals surface area contributed by atoms with E-state index in [1.54, 1.807) is 6.20 Å². The van der Waals surface area contributed by atoms with Crippen LogP contribution in [0.4, 0.5) is 5.82 Å². The first-order valence-corrected chi connectivity index (χ1v) is 10.3. The molecule has 0 saturated carbocycles. The Balaban J connectivity index is 1.73. The number of hydrogen-bond donors (Lipinski definition) is 1. The van der Waals surface area contributed by atoms with Gasteiger partial charge in [0.25, 0.3) is 0 Å². The number of benzene rings is 1. The predicted octanol–water partition coefficient (Wildman–Crippen LogP) is 1.51. The zero-order chi connectivity index (χ0) is 19.4. The van der Waals surface area contributed by atoms with Gasteiger partial charge in [0.15, 0.2) is 5.78 Å². The van der Waals surface area contributed by atoms with E-state index in [4.69, 9.17) is 0 Å². The first-order valence-electron chi connectivity index (χ1n) is 8.85. The summed E-state index contributed by atoms with van der Waals surface area (Å²) in [5.41, 5.74) is 1.32. The van der Waals surface area contributed by atoms with E-state index in [-0.39, 0.29) is 17.2 Å². The summed E-state index contributed by atoms with van der Waals surface area (Å²) in [7, 11) is -1.59. The van der Waals surface area contributed by atoms with E-state index in [9.17, 15) is 13.2 Å². The lowest BCUT2D eigenvalue weighted by Gasteiger charge is -2.34. The Morgan fingerprint density at radius 3 is 2.41 bits per heavy atom. The summed E-state index contributed by atoms with van der Waals surface area (Å²) in [6.45, 7) is 5.23. The van der Waals surface area contributed by atoms with Crippen LogP contribution in [0.25, 0.3) is 0 Å². The van der Waals surface area contributed by atoms with Crippen LogP contribution in [-0.4, -0.2) is 57.3 Å². The molecule has 1 fully saturated rings. The number of aromatic nitrogens is 1. The van der Waals surface area contributed by atoms with Crippen LogP contribution in [0.1, 0.15) is 22.8 Å². The van der Waals surface area contributed by atoms with Gasteiger partial charge in [-0.25, -0.2) is 18.1 Å². The SMILES string of the molecule is CC(=O)c1ccc(S(=O)(=O)NCc2cccnc2N2CCN(C)CC2)cc1. The summed E-state index contributed by atoms with van der Waals surface area (Å²) >= 11 is 0. The minimum Gasteiger partial charge on any atom is -0.354 e. The summed E-state index contributed by atoms with van der Waals surface area (Å²) in [5, 5.41) is 0. The lowest BCUT2D eigenvalue weighted by molar-refractivity contribution is 0.101. The van der Waals surface area contributed by atoms with Crippen molar-refractivity contribution in [1.29, 1.82) is 0 Å². The fraction of sp³-hybridized carbons (Fsp3) is 0.368. The lowest BCUT2D eigenvalue weighted by atomic mass is 10.2. The fourth-order valence-electron chi connectivity index (χ4n) is 3.00. The van der Waals surface area contributed by atoms with Crippen molar-refractivity contribution in [3.63, 3.8) is 0 Å². The lowest BCUT2D eigenvalue weighted by Crippen LogP contribution is -2.45. The summed E-state index contributed by atoms with van der Waals surface area (Å²) in [6, 6.07) is 9.65. The van der Waals surface area contributed by atoms with E-state index >= 15 is 0 Å². The highest BCUT2D eigenvalue weighted by molar-refractivity contribution is 7.89. The maximum Gasteiger partial charge on any atom is 0.240 e. The molecule has 0 bridgehead atoms. The number of rotatable bonds is 6. The number of piperazine rings is 1. The number of nitrogens with zero attached hydrogens (tertiary/aromatic N) is 3. The second-order valence-corrected chi connectivity index (χ2v) is 8.45. The molecule has 144 valence electrons. The number of sulfonamides is 1.